The fraction of sp³-hybridized carbons (Fsp3) is 0.109. The molecule has 1 nitrogen and oxygen atoms in total. The zero-order chi connectivity index (χ0) is 38.1. The van der Waals surface area contributed by atoms with Crippen LogP contribution in [0.25, 0.3) is 99.0 Å². The van der Waals surface area contributed by atoms with E-state index in [-0.39, 0.29) is 0 Å². The Balaban J connectivity index is 1.33. The fourth-order valence-corrected chi connectivity index (χ4v) is 9.26. The van der Waals surface area contributed by atoms with Gasteiger partial charge in [0.15, 0.2) is 0 Å². The van der Waals surface area contributed by atoms with Crippen molar-refractivity contribution in [3.63, 3.8) is 0 Å². The van der Waals surface area contributed by atoms with Crippen molar-refractivity contribution in [3.05, 3.63) is 186 Å². The molecule has 0 saturated carbocycles. The zero-order valence-corrected chi connectivity index (χ0v) is 32.6. The average Bonchev–Trinajstić information content (AvgIpc) is 3.22. The van der Waals surface area contributed by atoms with Crippen LogP contribution in [-0.4, -0.2) is 4.98 Å². The van der Waals surface area contributed by atoms with Gasteiger partial charge in [0, 0.05) is 11.1 Å². The quantitative estimate of drug-likeness (QED) is 0.156. The third kappa shape index (κ3) is 5.57. The second kappa shape index (κ2) is 13.3. The molecule has 9 aromatic carbocycles. The predicted molar refractivity (Wildman–Crippen MR) is 241 cm³/mol. The minimum Gasteiger partial charge on any atom is -0.248 e. The number of aryl methyl sites for hydroxylation is 3. The Morgan fingerprint density at radius 1 is 0.393 bits per heavy atom. The van der Waals surface area contributed by atoms with Crippen molar-refractivity contribution in [2.24, 2.45) is 0 Å². The first-order valence-corrected chi connectivity index (χ1v) is 19.8. The molecule has 0 spiro atoms. The van der Waals surface area contributed by atoms with Gasteiger partial charge in [-0.1, -0.05) is 147 Å². The molecule has 0 bridgehead atoms. The maximum atomic E-state index is 5.43. The Bertz CT molecular complexity index is 3090. The van der Waals surface area contributed by atoms with Crippen LogP contribution in [0, 0.1) is 20.8 Å². The Hall–Kier alpha value is -6.57. The first kappa shape index (κ1) is 34.0. The van der Waals surface area contributed by atoms with Gasteiger partial charge in [0.1, 0.15) is 0 Å². The van der Waals surface area contributed by atoms with Gasteiger partial charge in [-0.3, -0.25) is 0 Å². The maximum absolute atomic E-state index is 5.43. The maximum Gasteiger partial charge on any atom is 0.0718 e. The van der Waals surface area contributed by atoms with Gasteiger partial charge >= 0.3 is 0 Å². The number of rotatable bonds is 6. The van der Waals surface area contributed by atoms with Gasteiger partial charge in [0.2, 0.25) is 0 Å². The molecule has 0 N–H and O–H groups in total. The van der Waals surface area contributed by atoms with Crippen molar-refractivity contribution in [1.29, 1.82) is 0 Å². The van der Waals surface area contributed by atoms with Crippen LogP contribution in [0.5, 0.6) is 0 Å². The molecule has 56 heavy (non-hydrogen) atoms. The van der Waals surface area contributed by atoms with Crippen molar-refractivity contribution in [1.82, 2.24) is 4.98 Å². The van der Waals surface area contributed by atoms with Crippen LogP contribution in [0.3, 0.4) is 0 Å². The van der Waals surface area contributed by atoms with E-state index < -0.39 is 0 Å². The Morgan fingerprint density at radius 3 is 1.73 bits per heavy atom. The fourth-order valence-electron chi connectivity index (χ4n) is 9.26. The average molecular weight is 718 g/mol. The Kier molecular flexibility index (Phi) is 8.08. The molecular formula is C55H43N. The van der Waals surface area contributed by atoms with E-state index in [1.54, 1.807) is 0 Å². The van der Waals surface area contributed by atoms with E-state index in [0.717, 1.165) is 17.0 Å². The lowest BCUT2D eigenvalue weighted by Crippen LogP contribution is -1.99. The van der Waals surface area contributed by atoms with E-state index in [0.29, 0.717) is 5.92 Å². The van der Waals surface area contributed by atoms with Gasteiger partial charge in [0.05, 0.1) is 11.4 Å². The highest BCUT2D eigenvalue weighted by Gasteiger charge is 2.23. The lowest BCUT2D eigenvalue weighted by atomic mass is 9.80. The third-order valence-corrected chi connectivity index (χ3v) is 11.8. The van der Waals surface area contributed by atoms with Crippen LogP contribution < -0.4 is 0 Å². The van der Waals surface area contributed by atoms with Crippen LogP contribution in [0.15, 0.2) is 164 Å². The normalized spacial score (nSPS) is 11.8. The molecule has 1 aromatic heterocycles. The Labute approximate surface area is 329 Å². The topological polar surface area (TPSA) is 12.9 Å². The van der Waals surface area contributed by atoms with Crippen LogP contribution in [0.2, 0.25) is 0 Å². The van der Waals surface area contributed by atoms with Crippen molar-refractivity contribution < 1.29 is 0 Å². The number of hydrogen-bond acceptors (Lipinski definition) is 1. The van der Waals surface area contributed by atoms with Crippen LogP contribution in [0.4, 0.5) is 0 Å². The molecule has 0 amide bonds. The van der Waals surface area contributed by atoms with Crippen molar-refractivity contribution in [2.75, 3.05) is 0 Å². The lowest BCUT2D eigenvalue weighted by molar-refractivity contribution is 0.877. The summed E-state index contributed by atoms with van der Waals surface area (Å²) in [6.07, 6.45) is 0. The molecule has 0 fully saturated rings. The Morgan fingerprint density at radius 2 is 1.00 bits per heavy atom. The number of hydrogen-bond donors (Lipinski definition) is 0. The number of nitrogens with zero attached hydrogens (tertiary/aromatic N) is 1. The first-order chi connectivity index (χ1) is 27.3. The third-order valence-electron chi connectivity index (χ3n) is 11.8. The minimum atomic E-state index is 0.325. The summed E-state index contributed by atoms with van der Waals surface area (Å²) in [5.74, 6) is 0.325. The summed E-state index contributed by atoms with van der Waals surface area (Å²) in [6, 6.07) is 60.6. The molecule has 0 saturated heterocycles. The SMILES string of the molecule is Cc1cc(-c2ccccc2)nc(-c2cc(C(C)C)c3ccc4c(-c5ccc6ccccc6c5)ccc5c(-c6c(C)cc(-c7ccccc7)cc6C)cc2c3c45)c1. The smallest absolute Gasteiger partial charge is 0.0718 e. The van der Waals surface area contributed by atoms with Gasteiger partial charge < -0.3 is 0 Å². The first-order valence-electron chi connectivity index (χ1n) is 19.8. The van der Waals surface area contributed by atoms with E-state index in [2.05, 4.69) is 198 Å². The highest BCUT2D eigenvalue weighted by molar-refractivity contribution is 6.31. The molecule has 268 valence electrons. The van der Waals surface area contributed by atoms with Crippen molar-refractivity contribution in [3.8, 4) is 55.9 Å². The summed E-state index contributed by atoms with van der Waals surface area (Å²) in [5.41, 5.74) is 17.0. The van der Waals surface area contributed by atoms with E-state index >= 15 is 0 Å². The van der Waals surface area contributed by atoms with E-state index in [1.807, 2.05) is 0 Å². The van der Waals surface area contributed by atoms with Crippen LogP contribution >= 0.6 is 0 Å². The summed E-state index contributed by atoms with van der Waals surface area (Å²) in [6.45, 7) is 11.4. The van der Waals surface area contributed by atoms with Gasteiger partial charge in [-0.2, -0.15) is 0 Å². The van der Waals surface area contributed by atoms with Gasteiger partial charge in [0.25, 0.3) is 0 Å². The number of fused-ring (bicyclic) bond motifs is 1. The monoisotopic (exact) mass is 717 g/mol. The predicted octanol–water partition coefficient (Wildman–Crippen LogP) is 15.5. The molecule has 0 atom stereocenters. The summed E-state index contributed by atoms with van der Waals surface area (Å²) < 4.78 is 0. The summed E-state index contributed by atoms with van der Waals surface area (Å²) in [5, 5.41) is 10.3. The molecule has 0 unspecified atom stereocenters. The van der Waals surface area contributed by atoms with Gasteiger partial charge in [-0.05, 0) is 156 Å². The molecule has 0 aliphatic carbocycles. The molecule has 1 heterocycles. The van der Waals surface area contributed by atoms with Gasteiger partial charge in [-0.15, -0.1) is 0 Å². The number of aromatic nitrogens is 1. The van der Waals surface area contributed by atoms with Crippen molar-refractivity contribution >= 4 is 43.1 Å². The largest absolute Gasteiger partial charge is 0.248 e. The molecule has 0 aliphatic heterocycles. The standard InChI is InChI=1S/C55H43N/c1-33(2)47-31-48(52-27-34(3)26-51(56-52)39-17-10-7-11-18-39)50-32-49(53-35(4)28-42(29-36(53)5)37-14-8-6-9-15-37)46-23-22-43(44-24-25-45(47)55(50)54(44)46)41-21-20-38-16-12-13-19-40(38)30-41/h6-33H,1-5H3. The number of pyridine rings is 1. The highest BCUT2D eigenvalue weighted by atomic mass is 14.7. The minimum absolute atomic E-state index is 0.325. The second-order valence-electron chi connectivity index (χ2n) is 15.9. The zero-order valence-electron chi connectivity index (χ0n) is 32.6. The second-order valence-corrected chi connectivity index (χ2v) is 15.9. The summed E-state index contributed by atoms with van der Waals surface area (Å²) >= 11 is 0. The van der Waals surface area contributed by atoms with E-state index in [9.17, 15) is 0 Å². The molecule has 0 aliphatic rings. The van der Waals surface area contributed by atoms with Crippen LogP contribution in [0.1, 0.15) is 42.0 Å². The van der Waals surface area contributed by atoms with E-state index in [1.165, 1.54) is 104 Å². The highest BCUT2D eigenvalue weighted by Crippen LogP contribution is 2.49. The summed E-state index contributed by atoms with van der Waals surface area (Å²) in [7, 11) is 0. The van der Waals surface area contributed by atoms with Crippen molar-refractivity contribution in [2.45, 2.75) is 40.5 Å². The van der Waals surface area contributed by atoms with E-state index in [4.69, 9.17) is 4.98 Å². The lowest BCUT2D eigenvalue weighted by Gasteiger charge is -2.24. The molecule has 0 radical (unpaired) electrons. The van der Waals surface area contributed by atoms with Gasteiger partial charge in [-0.25, -0.2) is 4.98 Å². The molecule has 1 heteroatoms. The molecular weight excluding hydrogens is 675 g/mol. The number of benzene rings is 9. The summed E-state index contributed by atoms with van der Waals surface area (Å²) in [4.78, 5) is 5.43. The van der Waals surface area contributed by atoms with Crippen LogP contribution in [-0.2, 0) is 0 Å². The molecule has 10 aromatic rings. The molecule has 10 rings (SSSR count).